The van der Waals surface area contributed by atoms with Gasteiger partial charge in [-0.15, -0.1) is 0 Å². The molecule has 5 rings (SSSR count). The molecule has 0 saturated heterocycles. The van der Waals surface area contributed by atoms with Crippen LogP contribution in [0, 0.1) is 5.92 Å². The van der Waals surface area contributed by atoms with E-state index in [9.17, 15) is 0 Å². The lowest BCUT2D eigenvalue weighted by Gasteiger charge is -2.39. The van der Waals surface area contributed by atoms with E-state index in [-0.39, 0.29) is 6.04 Å². The van der Waals surface area contributed by atoms with Crippen LogP contribution in [0.1, 0.15) is 37.3 Å². The molecule has 1 aromatic rings. The van der Waals surface area contributed by atoms with Gasteiger partial charge in [-0.25, -0.2) is 9.97 Å². The number of nitrogens with zero attached hydrogens (tertiary/aromatic N) is 3. The highest BCUT2D eigenvalue weighted by atomic mass is 15.3. The van der Waals surface area contributed by atoms with Crippen molar-refractivity contribution in [3.8, 4) is 0 Å². The van der Waals surface area contributed by atoms with E-state index in [0.717, 1.165) is 12.0 Å². The lowest BCUT2D eigenvalue weighted by atomic mass is 9.72. The molecule has 0 spiro atoms. The van der Waals surface area contributed by atoms with Gasteiger partial charge in [0.25, 0.3) is 0 Å². The van der Waals surface area contributed by atoms with Gasteiger partial charge >= 0.3 is 0 Å². The summed E-state index contributed by atoms with van der Waals surface area (Å²) >= 11 is 0. The average molecular weight is 305 g/mol. The summed E-state index contributed by atoms with van der Waals surface area (Å²) in [5.74, 6) is 0.360. The van der Waals surface area contributed by atoms with Gasteiger partial charge in [0.1, 0.15) is 6.33 Å². The number of allylic oxidation sites excluding steroid dienone is 2. The maximum atomic E-state index is 4.30. The van der Waals surface area contributed by atoms with Crippen LogP contribution in [-0.4, -0.2) is 22.2 Å². The zero-order valence-electron chi connectivity index (χ0n) is 12.9. The number of nitrogens with one attached hydrogen (secondary N) is 2. The van der Waals surface area contributed by atoms with Gasteiger partial charge in [0, 0.05) is 35.8 Å². The Bertz CT molecular complexity index is 759. The predicted octanol–water partition coefficient (Wildman–Crippen LogP) is 2.39. The normalized spacial score (nSPS) is 31.2. The zero-order valence-corrected chi connectivity index (χ0v) is 12.9. The summed E-state index contributed by atoms with van der Waals surface area (Å²) in [4.78, 5) is 8.43. The smallest absolute Gasteiger partial charge is 0.115 e. The van der Waals surface area contributed by atoms with Gasteiger partial charge in [-0.2, -0.15) is 5.10 Å². The molecule has 5 nitrogen and oxygen atoms in total. The van der Waals surface area contributed by atoms with Crippen molar-refractivity contribution in [3.63, 3.8) is 0 Å². The SMILES string of the molecule is C1=CC2NN=CC2C2=C1NC(c1cncnc1)C1=C2CCCC1. The molecule has 2 aliphatic heterocycles. The Morgan fingerprint density at radius 3 is 2.87 bits per heavy atom. The largest absolute Gasteiger partial charge is 0.374 e. The van der Waals surface area contributed by atoms with Gasteiger partial charge in [0.15, 0.2) is 0 Å². The second-order valence-corrected chi connectivity index (χ2v) is 6.61. The highest BCUT2D eigenvalue weighted by molar-refractivity contribution is 5.74. The van der Waals surface area contributed by atoms with Crippen LogP contribution in [0.25, 0.3) is 0 Å². The van der Waals surface area contributed by atoms with Crippen LogP contribution in [0.2, 0.25) is 0 Å². The first-order chi connectivity index (χ1) is 11.4. The Hall–Kier alpha value is -2.43. The third-order valence-electron chi connectivity index (χ3n) is 5.34. The molecule has 5 heteroatoms. The van der Waals surface area contributed by atoms with Gasteiger partial charge in [0.2, 0.25) is 0 Å². The van der Waals surface area contributed by atoms with E-state index < -0.39 is 0 Å². The minimum absolute atomic E-state index is 0.206. The third kappa shape index (κ3) is 1.96. The first-order valence-corrected chi connectivity index (χ1v) is 8.36. The number of hydrazone groups is 1. The molecule has 0 saturated carbocycles. The molecule has 1 aromatic heterocycles. The van der Waals surface area contributed by atoms with Gasteiger partial charge < -0.3 is 10.7 Å². The van der Waals surface area contributed by atoms with Crippen molar-refractivity contribution >= 4 is 6.21 Å². The molecule has 3 unspecified atom stereocenters. The second kappa shape index (κ2) is 5.05. The standard InChI is InChI=1S/C18H19N5/c1-2-4-13-12(3-1)17-14-9-21-23-15(14)5-6-16(17)22-18(13)11-7-19-10-20-8-11/h5-10,14-15,18,22-23H,1-4H2. The molecule has 0 fully saturated rings. The number of hydrogen-bond donors (Lipinski definition) is 2. The number of aromatic nitrogens is 2. The maximum absolute atomic E-state index is 4.30. The van der Waals surface area contributed by atoms with E-state index in [1.54, 1.807) is 11.9 Å². The van der Waals surface area contributed by atoms with Crippen molar-refractivity contribution in [1.29, 1.82) is 0 Å². The Morgan fingerprint density at radius 1 is 1.09 bits per heavy atom. The molecule has 116 valence electrons. The Kier molecular flexibility index (Phi) is 2.86. The summed E-state index contributed by atoms with van der Waals surface area (Å²) in [7, 11) is 0. The number of hydrogen-bond acceptors (Lipinski definition) is 5. The zero-order chi connectivity index (χ0) is 15.2. The first-order valence-electron chi connectivity index (χ1n) is 8.36. The number of fused-ring (bicyclic) bond motifs is 3. The number of rotatable bonds is 1. The molecule has 3 atom stereocenters. The molecule has 3 heterocycles. The molecule has 4 aliphatic rings. The molecule has 2 N–H and O–H groups in total. The molecular formula is C18H19N5. The van der Waals surface area contributed by atoms with Crippen molar-refractivity contribution in [2.75, 3.05) is 0 Å². The highest BCUT2D eigenvalue weighted by Crippen LogP contribution is 2.46. The van der Waals surface area contributed by atoms with Crippen LogP contribution in [0.15, 0.2) is 58.4 Å². The topological polar surface area (TPSA) is 62.2 Å². The summed E-state index contributed by atoms with van der Waals surface area (Å²) in [5, 5.41) is 8.05. The Balaban J connectivity index is 1.64. The van der Waals surface area contributed by atoms with Gasteiger partial charge in [-0.3, -0.25) is 0 Å². The molecule has 0 aromatic carbocycles. The summed E-state index contributed by atoms with van der Waals surface area (Å²) in [6.45, 7) is 0. The molecular weight excluding hydrogens is 286 g/mol. The van der Waals surface area contributed by atoms with E-state index >= 15 is 0 Å². The minimum Gasteiger partial charge on any atom is -0.374 e. The van der Waals surface area contributed by atoms with E-state index in [0.29, 0.717) is 12.0 Å². The molecule has 23 heavy (non-hydrogen) atoms. The van der Waals surface area contributed by atoms with E-state index in [1.807, 2.05) is 12.4 Å². The van der Waals surface area contributed by atoms with Crippen molar-refractivity contribution in [3.05, 3.63) is 58.9 Å². The van der Waals surface area contributed by atoms with Crippen LogP contribution < -0.4 is 10.7 Å². The average Bonchev–Trinajstić information content (AvgIpc) is 3.10. The van der Waals surface area contributed by atoms with Gasteiger partial charge in [-0.1, -0.05) is 6.08 Å². The lowest BCUT2D eigenvalue weighted by Crippen LogP contribution is -2.38. The van der Waals surface area contributed by atoms with E-state index in [1.165, 1.54) is 36.1 Å². The monoisotopic (exact) mass is 305 g/mol. The van der Waals surface area contributed by atoms with Crippen LogP contribution >= 0.6 is 0 Å². The fourth-order valence-electron chi connectivity index (χ4n) is 4.30. The van der Waals surface area contributed by atoms with Crippen LogP contribution in [0.3, 0.4) is 0 Å². The first kappa shape index (κ1) is 13.0. The maximum Gasteiger partial charge on any atom is 0.115 e. The van der Waals surface area contributed by atoms with Crippen molar-refractivity contribution < 1.29 is 0 Å². The quantitative estimate of drug-likeness (QED) is 0.836. The van der Waals surface area contributed by atoms with Gasteiger partial charge in [0.05, 0.1) is 12.1 Å². The van der Waals surface area contributed by atoms with Gasteiger partial charge in [-0.05, 0) is 48.5 Å². The fraction of sp³-hybridized carbons (Fsp3) is 0.389. The molecule has 0 bridgehead atoms. The van der Waals surface area contributed by atoms with Crippen LogP contribution in [0.5, 0.6) is 0 Å². The number of dihydropyridines is 1. The Labute approximate surface area is 135 Å². The second-order valence-electron chi connectivity index (χ2n) is 6.61. The highest BCUT2D eigenvalue weighted by Gasteiger charge is 2.38. The van der Waals surface area contributed by atoms with Crippen molar-refractivity contribution in [2.24, 2.45) is 11.0 Å². The van der Waals surface area contributed by atoms with Crippen molar-refractivity contribution in [2.45, 2.75) is 37.8 Å². The van der Waals surface area contributed by atoms with Crippen LogP contribution in [-0.2, 0) is 0 Å². The Morgan fingerprint density at radius 2 is 1.96 bits per heavy atom. The van der Waals surface area contributed by atoms with E-state index in [4.69, 9.17) is 0 Å². The summed E-state index contributed by atoms with van der Waals surface area (Å²) < 4.78 is 0. The summed E-state index contributed by atoms with van der Waals surface area (Å²) in [6.07, 6.45) is 16.8. The van der Waals surface area contributed by atoms with Crippen molar-refractivity contribution in [1.82, 2.24) is 20.7 Å². The fourth-order valence-corrected chi connectivity index (χ4v) is 4.30. The molecule has 0 amide bonds. The molecule has 2 aliphatic carbocycles. The van der Waals surface area contributed by atoms with Crippen LogP contribution in [0.4, 0.5) is 0 Å². The lowest BCUT2D eigenvalue weighted by molar-refractivity contribution is 0.523. The molecule has 0 radical (unpaired) electrons. The van der Waals surface area contributed by atoms with E-state index in [2.05, 4.69) is 44.2 Å². The minimum atomic E-state index is 0.206. The predicted molar refractivity (Wildman–Crippen MR) is 88.5 cm³/mol. The summed E-state index contributed by atoms with van der Waals surface area (Å²) in [6, 6.07) is 0.514. The summed E-state index contributed by atoms with van der Waals surface area (Å²) in [5.41, 5.74) is 10.1. The third-order valence-corrected chi connectivity index (χ3v) is 5.34.